The third kappa shape index (κ3) is 2.45. The van der Waals surface area contributed by atoms with E-state index in [1.165, 1.54) is 0 Å². The van der Waals surface area contributed by atoms with Crippen molar-refractivity contribution in [2.45, 2.75) is 25.4 Å². The third-order valence-corrected chi connectivity index (χ3v) is 5.94. The molecule has 1 fully saturated rings. The van der Waals surface area contributed by atoms with Gasteiger partial charge in [-0.05, 0) is 49.2 Å². The van der Waals surface area contributed by atoms with Crippen LogP contribution in [-0.2, 0) is 0 Å². The average Bonchev–Trinajstić information content (AvgIpc) is 3.49. The Morgan fingerprint density at radius 1 is 1.24 bits per heavy atom. The highest BCUT2D eigenvalue weighted by molar-refractivity contribution is 5.91. The number of carbonyl (C=O) groups is 1. The Balaban J connectivity index is 1.28. The number of hydrogen-bond donors (Lipinski definition) is 1. The van der Waals surface area contributed by atoms with Gasteiger partial charge in [-0.3, -0.25) is 4.68 Å². The number of nitrogens with zero attached hydrogens (tertiary/aromatic N) is 6. The molecule has 1 saturated heterocycles. The maximum absolute atomic E-state index is 13.0. The second kappa shape index (κ2) is 5.91. The maximum atomic E-state index is 13.0. The SMILES string of the molecule is Cc1ccc(NC(=O)N2CC3CC2c2ccnn23)cc1-c1ncc2cccn2n1. The molecule has 2 bridgehead atoms. The fraction of sp³-hybridized carbons (Fsp3) is 0.238. The van der Waals surface area contributed by atoms with Crippen molar-refractivity contribution >= 4 is 17.2 Å². The van der Waals surface area contributed by atoms with Crippen molar-refractivity contribution < 1.29 is 4.79 Å². The van der Waals surface area contributed by atoms with Gasteiger partial charge in [-0.25, -0.2) is 14.3 Å². The van der Waals surface area contributed by atoms with E-state index < -0.39 is 0 Å². The van der Waals surface area contributed by atoms with E-state index in [0.29, 0.717) is 12.4 Å². The second-order valence-electron chi connectivity index (χ2n) is 7.68. The first-order chi connectivity index (χ1) is 14.2. The number of rotatable bonds is 2. The standard InChI is InChI=1S/C21H19N7O/c1-13-4-5-14(9-17(13)20-22-11-15-3-2-8-27(15)25-20)24-21(29)26-12-16-10-19(26)18-6-7-23-28(16)18/h2-9,11,16,19H,10,12H2,1H3,(H,24,29). The molecule has 1 N–H and O–H groups in total. The van der Waals surface area contributed by atoms with Gasteiger partial charge in [0, 0.05) is 30.2 Å². The van der Waals surface area contributed by atoms with Crippen molar-refractivity contribution in [1.29, 1.82) is 0 Å². The molecule has 3 aromatic heterocycles. The summed E-state index contributed by atoms with van der Waals surface area (Å²) in [4.78, 5) is 19.4. The van der Waals surface area contributed by atoms with Crippen LogP contribution in [0.1, 0.15) is 29.8 Å². The van der Waals surface area contributed by atoms with Crippen molar-refractivity contribution in [3.05, 3.63) is 66.2 Å². The molecule has 144 valence electrons. The zero-order valence-electron chi connectivity index (χ0n) is 15.9. The minimum absolute atomic E-state index is 0.0819. The number of benzene rings is 1. The molecule has 5 heterocycles. The Morgan fingerprint density at radius 2 is 2.17 bits per heavy atom. The van der Waals surface area contributed by atoms with Gasteiger partial charge >= 0.3 is 6.03 Å². The summed E-state index contributed by atoms with van der Waals surface area (Å²) in [5.74, 6) is 0.631. The van der Waals surface area contributed by atoms with Crippen molar-refractivity contribution in [2.75, 3.05) is 11.9 Å². The number of nitrogens with one attached hydrogen (secondary N) is 1. The number of urea groups is 1. The molecule has 8 nitrogen and oxygen atoms in total. The van der Waals surface area contributed by atoms with Gasteiger partial charge in [0.15, 0.2) is 5.82 Å². The van der Waals surface area contributed by atoms with Crippen LogP contribution >= 0.6 is 0 Å². The molecule has 29 heavy (non-hydrogen) atoms. The van der Waals surface area contributed by atoms with Crippen molar-refractivity contribution in [1.82, 2.24) is 29.3 Å². The number of aromatic nitrogens is 5. The van der Waals surface area contributed by atoms with E-state index in [9.17, 15) is 4.79 Å². The van der Waals surface area contributed by atoms with Gasteiger partial charge in [0.1, 0.15) is 0 Å². The Kier molecular flexibility index (Phi) is 3.32. The minimum Gasteiger partial charge on any atom is -0.314 e. The smallest absolute Gasteiger partial charge is 0.314 e. The number of hydrogen-bond acceptors (Lipinski definition) is 4. The summed E-state index contributed by atoms with van der Waals surface area (Å²) in [5.41, 5.74) is 4.76. The van der Waals surface area contributed by atoms with Crippen LogP contribution in [0.25, 0.3) is 16.9 Å². The molecule has 0 aliphatic carbocycles. The van der Waals surface area contributed by atoms with Crippen LogP contribution in [0.15, 0.2) is 55.0 Å². The Bertz CT molecular complexity index is 1260. The molecule has 2 amide bonds. The summed E-state index contributed by atoms with van der Waals surface area (Å²) in [6, 6.07) is 12.1. The topological polar surface area (TPSA) is 80.4 Å². The maximum Gasteiger partial charge on any atom is 0.322 e. The molecule has 2 atom stereocenters. The highest BCUT2D eigenvalue weighted by Crippen LogP contribution is 2.45. The number of aryl methyl sites for hydroxylation is 1. The van der Waals surface area contributed by atoms with Crippen LogP contribution in [0.2, 0.25) is 0 Å². The predicted octanol–water partition coefficient (Wildman–Crippen LogP) is 3.43. The lowest BCUT2D eigenvalue weighted by atomic mass is 10.1. The summed E-state index contributed by atoms with van der Waals surface area (Å²) in [6.45, 7) is 2.71. The van der Waals surface area contributed by atoms with Crippen LogP contribution < -0.4 is 5.32 Å². The Hall–Kier alpha value is -3.68. The average molecular weight is 385 g/mol. The van der Waals surface area contributed by atoms with Crippen LogP contribution in [0.5, 0.6) is 0 Å². The van der Waals surface area contributed by atoms with Crippen LogP contribution in [-0.4, -0.2) is 41.9 Å². The molecule has 1 aromatic carbocycles. The fourth-order valence-electron chi connectivity index (χ4n) is 4.48. The summed E-state index contributed by atoms with van der Waals surface area (Å²) in [6.07, 6.45) is 6.45. The van der Waals surface area contributed by atoms with Crippen LogP contribution in [0, 0.1) is 6.92 Å². The molecule has 0 spiro atoms. The van der Waals surface area contributed by atoms with E-state index >= 15 is 0 Å². The number of anilines is 1. The van der Waals surface area contributed by atoms with E-state index in [1.807, 2.05) is 65.3 Å². The van der Waals surface area contributed by atoms with Gasteiger partial charge in [-0.15, -0.1) is 5.10 Å². The van der Waals surface area contributed by atoms with E-state index in [-0.39, 0.29) is 18.1 Å². The predicted molar refractivity (Wildman–Crippen MR) is 108 cm³/mol. The first-order valence-electron chi connectivity index (χ1n) is 9.70. The quantitative estimate of drug-likeness (QED) is 0.573. The molecular formula is C21H19N7O. The van der Waals surface area contributed by atoms with Gasteiger partial charge in [0.2, 0.25) is 0 Å². The number of fused-ring (bicyclic) bond motifs is 6. The molecule has 0 saturated carbocycles. The first-order valence-corrected chi connectivity index (χ1v) is 9.70. The molecule has 2 aliphatic heterocycles. The molecule has 0 radical (unpaired) electrons. The molecular weight excluding hydrogens is 366 g/mol. The molecule has 4 aromatic rings. The van der Waals surface area contributed by atoms with Gasteiger partial charge in [0.25, 0.3) is 0 Å². The summed E-state index contributed by atoms with van der Waals surface area (Å²) < 4.78 is 3.85. The van der Waals surface area contributed by atoms with E-state index in [2.05, 4.69) is 20.5 Å². The minimum atomic E-state index is -0.0819. The summed E-state index contributed by atoms with van der Waals surface area (Å²) in [7, 11) is 0. The van der Waals surface area contributed by atoms with Gasteiger partial charge in [-0.2, -0.15) is 5.10 Å². The third-order valence-electron chi connectivity index (χ3n) is 5.94. The molecule has 2 aliphatic rings. The first kappa shape index (κ1) is 16.3. The largest absolute Gasteiger partial charge is 0.322 e. The molecule has 2 unspecified atom stereocenters. The van der Waals surface area contributed by atoms with Gasteiger partial charge in [0.05, 0.1) is 29.5 Å². The summed E-state index contributed by atoms with van der Waals surface area (Å²) >= 11 is 0. The van der Waals surface area contributed by atoms with Crippen LogP contribution in [0.3, 0.4) is 0 Å². The number of likely N-dealkylation sites (tertiary alicyclic amines) is 1. The van der Waals surface area contributed by atoms with Gasteiger partial charge < -0.3 is 10.2 Å². The Morgan fingerprint density at radius 3 is 3.10 bits per heavy atom. The van der Waals surface area contributed by atoms with Crippen molar-refractivity contribution in [2.24, 2.45) is 0 Å². The van der Waals surface area contributed by atoms with E-state index in [1.54, 1.807) is 10.7 Å². The highest BCUT2D eigenvalue weighted by atomic mass is 16.2. The normalized spacial score (nSPS) is 19.7. The van der Waals surface area contributed by atoms with Gasteiger partial charge in [-0.1, -0.05) is 6.07 Å². The van der Waals surface area contributed by atoms with E-state index in [4.69, 9.17) is 0 Å². The van der Waals surface area contributed by atoms with Crippen LogP contribution in [0.4, 0.5) is 10.5 Å². The zero-order chi connectivity index (χ0) is 19.5. The summed E-state index contributed by atoms with van der Waals surface area (Å²) in [5, 5.41) is 12.0. The molecule has 8 heteroatoms. The zero-order valence-corrected chi connectivity index (χ0v) is 15.9. The second-order valence-corrected chi connectivity index (χ2v) is 7.68. The fourth-order valence-corrected chi connectivity index (χ4v) is 4.48. The van der Waals surface area contributed by atoms with Crippen molar-refractivity contribution in [3.8, 4) is 11.4 Å². The lowest BCUT2D eigenvalue weighted by Crippen LogP contribution is -2.38. The lowest BCUT2D eigenvalue weighted by molar-refractivity contribution is 0.198. The molecule has 6 rings (SSSR count). The monoisotopic (exact) mass is 385 g/mol. The number of carbonyl (C=O) groups excluding carboxylic acids is 1. The highest BCUT2D eigenvalue weighted by Gasteiger charge is 2.45. The number of amides is 2. The lowest BCUT2D eigenvalue weighted by Gasteiger charge is -2.27. The Labute approximate surface area is 166 Å². The van der Waals surface area contributed by atoms with Crippen molar-refractivity contribution in [3.63, 3.8) is 0 Å². The van der Waals surface area contributed by atoms with E-state index in [0.717, 1.165) is 34.4 Å².